The maximum absolute atomic E-state index is 14.4. The molecule has 2 aromatic rings. The number of hydrogen-bond donors (Lipinski definition) is 1. The van der Waals surface area contributed by atoms with Crippen LogP contribution in [0.2, 0.25) is 0 Å². The fourth-order valence-corrected chi connectivity index (χ4v) is 3.30. The molecule has 1 aliphatic rings. The number of rotatable bonds is 1. The molecule has 0 radical (unpaired) electrons. The highest BCUT2D eigenvalue weighted by molar-refractivity contribution is 6.02. The molecule has 1 aromatic heterocycles. The second-order valence-electron chi connectivity index (χ2n) is 7.08. The van der Waals surface area contributed by atoms with Gasteiger partial charge in [0.25, 0.3) is 0 Å². The molecule has 2 amide bonds. The number of nitrogens with one attached hydrogen (secondary N) is 1. The van der Waals surface area contributed by atoms with Gasteiger partial charge in [0.1, 0.15) is 5.82 Å². The molecule has 1 unspecified atom stereocenters. The van der Waals surface area contributed by atoms with Crippen molar-refractivity contribution in [1.29, 1.82) is 0 Å². The Labute approximate surface area is 133 Å². The van der Waals surface area contributed by atoms with Gasteiger partial charge < -0.3 is 0 Å². The predicted molar refractivity (Wildman–Crippen MR) is 84.5 cm³/mol. The second-order valence-corrected chi connectivity index (χ2v) is 7.08. The number of hydrogen-bond acceptors (Lipinski definition) is 3. The number of carbonyl (C=O) groups is 2. The number of fused-ring (bicyclic) bond motifs is 1. The SMILES string of the molecule is Cn1nc(C2CCC(=O)NC2=O)c2ccc(F)c(C(C)(C)C)c21. The van der Waals surface area contributed by atoms with Crippen molar-refractivity contribution in [1.82, 2.24) is 15.1 Å². The first-order valence-electron chi connectivity index (χ1n) is 7.69. The number of benzene rings is 1. The molecule has 1 aliphatic heterocycles. The van der Waals surface area contributed by atoms with Gasteiger partial charge in [-0.15, -0.1) is 0 Å². The number of nitrogens with zero attached hydrogens (tertiary/aromatic N) is 2. The number of halogens is 1. The van der Waals surface area contributed by atoms with E-state index in [0.29, 0.717) is 29.6 Å². The lowest BCUT2D eigenvalue weighted by molar-refractivity contribution is -0.134. The predicted octanol–water partition coefficient (Wildman–Crippen LogP) is 2.53. The molecule has 1 fully saturated rings. The van der Waals surface area contributed by atoms with Crippen molar-refractivity contribution in [2.24, 2.45) is 7.05 Å². The number of aromatic nitrogens is 2. The highest BCUT2D eigenvalue weighted by Gasteiger charge is 2.33. The van der Waals surface area contributed by atoms with Crippen LogP contribution in [-0.2, 0) is 22.1 Å². The average Bonchev–Trinajstić information content (AvgIpc) is 2.74. The minimum absolute atomic E-state index is 0.257. The Morgan fingerprint density at radius 3 is 2.61 bits per heavy atom. The maximum Gasteiger partial charge on any atom is 0.235 e. The van der Waals surface area contributed by atoms with Crippen LogP contribution in [0.1, 0.15) is 50.8 Å². The van der Waals surface area contributed by atoms with Crippen molar-refractivity contribution in [3.05, 3.63) is 29.2 Å². The lowest BCUT2D eigenvalue weighted by atomic mass is 9.84. The molecule has 0 aliphatic carbocycles. The number of carbonyl (C=O) groups excluding carboxylic acids is 2. The molecule has 1 aromatic carbocycles. The number of aryl methyl sites for hydroxylation is 1. The lowest BCUT2D eigenvalue weighted by Gasteiger charge is -2.22. The van der Waals surface area contributed by atoms with Crippen LogP contribution in [-0.4, -0.2) is 21.6 Å². The van der Waals surface area contributed by atoms with Crippen LogP contribution in [0, 0.1) is 5.82 Å². The summed E-state index contributed by atoms with van der Waals surface area (Å²) in [5.41, 5.74) is 1.51. The smallest absolute Gasteiger partial charge is 0.235 e. The van der Waals surface area contributed by atoms with E-state index in [1.807, 2.05) is 20.8 Å². The van der Waals surface area contributed by atoms with Gasteiger partial charge in [0.05, 0.1) is 17.1 Å². The Morgan fingerprint density at radius 1 is 1.30 bits per heavy atom. The maximum atomic E-state index is 14.4. The highest BCUT2D eigenvalue weighted by atomic mass is 19.1. The van der Waals surface area contributed by atoms with Crippen molar-refractivity contribution < 1.29 is 14.0 Å². The Balaban J connectivity index is 2.22. The van der Waals surface area contributed by atoms with E-state index < -0.39 is 5.92 Å². The summed E-state index contributed by atoms with van der Waals surface area (Å²) in [4.78, 5) is 23.5. The third-order valence-corrected chi connectivity index (χ3v) is 4.30. The van der Waals surface area contributed by atoms with Crippen LogP contribution in [0.3, 0.4) is 0 Å². The van der Waals surface area contributed by atoms with Crippen molar-refractivity contribution in [3.63, 3.8) is 0 Å². The standard InChI is InChI=1S/C17H20FN3O2/c1-17(2,3)13-11(18)7-5-9-14(20-21(4)15(9)13)10-6-8-12(22)19-16(10)23/h5,7,10H,6,8H2,1-4H3,(H,19,22,23). The molecule has 0 bridgehead atoms. The quantitative estimate of drug-likeness (QED) is 0.822. The second kappa shape index (κ2) is 5.15. The van der Waals surface area contributed by atoms with Gasteiger partial charge in [-0.2, -0.15) is 5.10 Å². The molecule has 6 heteroatoms. The van der Waals surface area contributed by atoms with E-state index >= 15 is 0 Å². The Kier molecular flexibility index (Phi) is 3.50. The molecule has 1 atom stereocenters. The van der Waals surface area contributed by atoms with Crippen molar-refractivity contribution >= 4 is 22.7 Å². The first-order valence-corrected chi connectivity index (χ1v) is 7.69. The lowest BCUT2D eigenvalue weighted by Crippen LogP contribution is -2.39. The fraction of sp³-hybridized carbons (Fsp3) is 0.471. The van der Waals surface area contributed by atoms with Gasteiger partial charge in [0.2, 0.25) is 11.8 Å². The zero-order valence-corrected chi connectivity index (χ0v) is 13.7. The molecule has 2 heterocycles. The van der Waals surface area contributed by atoms with Gasteiger partial charge in [0, 0.05) is 24.4 Å². The molecule has 3 rings (SSSR count). The first-order chi connectivity index (χ1) is 10.7. The Bertz CT molecular complexity index is 817. The minimum atomic E-state index is -0.477. The highest BCUT2D eigenvalue weighted by Crippen LogP contribution is 2.36. The van der Waals surface area contributed by atoms with Gasteiger partial charge in [-0.1, -0.05) is 20.8 Å². The van der Waals surface area contributed by atoms with Crippen molar-refractivity contribution in [3.8, 4) is 0 Å². The van der Waals surface area contributed by atoms with E-state index in [1.54, 1.807) is 17.8 Å². The number of imide groups is 1. The molecule has 23 heavy (non-hydrogen) atoms. The van der Waals surface area contributed by atoms with Gasteiger partial charge in [-0.3, -0.25) is 19.6 Å². The third-order valence-electron chi connectivity index (χ3n) is 4.30. The van der Waals surface area contributed by atoms with Gasteiger partial charge in [-0.25, -0.2) is 4.39 Å². The van der Waals surface area contributed by atoms with Crippen LogP contribution < -0.4 is 5.32 Å². The van der Waals surface area contributed by atoms with Crippen LogP contribution in [0.25, 0.3) is 10.9 Å². The van der Waals surface area contributed by atoms with Crippen LogP contribution in [0.5, 0.6) is 0 Å². The Hall–Kier alpha value is -2.24. The summed E-state index contributed by atoms with van der Waals surface area (Å²) in [5, 5.41) is 7.61. The summed E-state index contributed by atoms with van der Waals surface area (Å²) < 4.78 is 16.0. The van der Waals surface area contributed by atoms with Crippen LogP contribution >= 0.6 is 0 Å². The molecular formula is C17H20FN3O2. The topological polar surface area (TPSA) is 64.0 Å². The largest absolute Gasteiger partial charge is 0.296 e. The molecule has 122 valence electrons. The molecule has 1 saturated heterocycles. The van der Waals surface area contributed by atoms with Gasteiger partial charge in [0.15, 0.2) is 0 Å². The normalized spacial score (nSPS) is 19.3. The summed E-state index contributed by atoms with van der Waals surface area (Å²) in [7, 11) is 1.76. The Morgan fingerprint density at radius 2 is 2.00 bits per heavy atom. The molecule has 5 nitrogen and oxygen atoms in total. The van der Waals surface area contributed by atoms with E-state index in [9.17, 15) is 14.0 Å². The monoisotopic (exact) mass is 317 g/mol. The van der Waals surface area contributed by atoms with E-state index in [0.717, 1.165) is 5.39 Å². The minimum Gasteiger partial charge on any atom is -0.296 e. The number of piperidine rings is 1. The van der Waals surface area contributed by atoms with Crippen molar-refractivity contribution in [2.45, 2.75) is 44.9 Å². The van der Waals surface area contributed by atoms with E-state index in [2.05, 4.69) is 10.4 Å². The number of amides is 2. The summed E-state index contributed by atoms with van der Waals surface area (Å²) in [5.74, 6) is -1.34. The van der Waals surface area contributed by atoms with E-state index in [4.69, 9.17) is 0 Å². The first kappa shape index (κ1) is 15.6. The molecule has 0 saturated carbocycles. The van der Waals surface area contributed by atoms with Crippen LogP contribution in [0.15, 0.2) is 12.1 Å². The fourth-order valence-electron chi connectivity index (χ4n) is 3.30. The zero-order chi connectivity index (χ0) is 16.9. The van der Waals surface area contributed by atoms with Gasteiger partial charge >= 0.3 is 0 Å². The van der Waals surface area contributed by atoms with E-state index in [-0.39, 0.29) is 23.0 Å². The van der Waals surface area contributed by atoms with Crippen molar-refractivity contribution in [2.75, 3.05) is 0 Å². The molecular weight excluding hydrogens is 297 g/mol. The average molecular weight is 317 g/mol. The third kappa shape index (κ3) is 2.52. The van der Waals surface area contributed by atoms with E-state index in [1.165, 1.54) is 6.07 Å². The summed E-state index contributed by atoms with van der Waals surface area (Å²) in [6, 6.07) is 3.10. The molecule has 1 N–H and O–H groups in total. The summed E-state index contributed by atoms with van der Waals surface area (Å²) >= 11 is 0. The molecule has 0 spiro atoms. The van der Waals surface area contributed by atoms with Gasteiger partial charge in [-0.05, 0) is 24.0 Å². The zero-order valence-electron chi connectivity index (χ0n) is 13.7. The van der Waals surface area contributed by atoms with Crippen LogP contribution in [0.4, 0.5) is 4.39 Å². The summed E-state index contributed by atoms with van der Waals surface area (Å²) in [6.45, 7) is 5.84. The summed E-state index contributed by atoms with van der Waals surface area (Å²) in [6.07, 6.45) is 0.723.